The molecule has 0 saturated heterocycles. The van der Waals surface area contributed by atoms with Gasteiger partial charge in [-0.05, 0) is 24.8 Å². The molecule has 1 aliphatic rings. The van der Waals surface area contributed by atoms with Crippen LogP contribution in [0.4, 0.5) is 0 Å². The standard InChI is InChI=1S/C14H25NO3/c1-8(2)9(3)11-6-10(14(17)18-5)7-12(16)13(11)15-4/h6,8-9,11-13,15-16H,7H2,1-5H3. The molecule has 1 aliphatic carbocycles. The molecular weight excluding hydrogens is 230 g/mol. The predicted molar refractivity (Wildman–Crippen MR) is 71.1 cm³/mol. The zero-order valence-corrected chi connectivity index (χ0v) is 11.9. The van der Waals surface area contributed by atoms with Crippen molar-refractivity contribution < 1.29 is 14.6 Å². The van der Waals surface area contributed by atoms with E-state index in [2.05, 4.69) is 26.1 Å². The van der Waals surface area contributed by atoms with Gasteiger partial charge in [0.15, 0.2) is 0 Å². The fraction of sp³-hybridized carbons (Fsp3) is 0.786. The van der Waals surface area contributed by atoms with Crippen LogP contribution in [0.2, 0.25) is 0 Å². The van der Waals surface area contributed by atoms with E-state index in [9.17, 15) is 9.90 Å². The van der Waals surface area contributed by atoms with Crippen LogP contribution in [0.15, 0.2) is 11.6 Å². The molecule has 4 atom stereocenters. The summed E-state index contributed by atoms with van der Waals surface area (Å²) in [7, 11) is 3.23. The molecule has 0 aromatic heterocycles. The summed E-state index contributed by atoms with van der Waals surface area (Å²) < 4.78 is 4.76. The quantitative estimate of drug-likeness (QED) is 0.744. The number of hydrogen-bond acceptors (Lipinski definition) is 4. The molecule has 104 valence electrons. The van der Waals surface area contributed by atoms with Crippen molar-refractivity contribution in [2.24, 2.45) is 17.8 Å². The van der Waals surface area contributed by atoms with Crippen molar-refractivity contribution >= 4 is 5.97 Å². The molecule has 4 unspecified atom stereocenters. The first-order valence-electron chi connectivity index (χ1n) is 6.56. The zero-order valence-electron chi connectivity index (χ0n) is 11.9. The van der Waals surface area contributed by atoms with E-state index in [1.807, 2.05) is 13.1 Å². The van der Waals surface area contributed by atoms with Crippen molar-refractivity contribution in [3.05, 3.63) is 11.6 Å². The Balaban J connectivity index is 3.02. The Hall–Kier alpha value is -0.870. The number of esters is 1. The molecule has 0 bridgehead atoms. The second-order valence-corrected chi connectivity index (χ2v) is 5.45. The highest BCUT2D eigenvalue weighted by Gasteiger charge is 2.36. The van der Waals surface area contributed by atoms with Crippen molar-refractivity contribution in [3.63, 3.8) is 0 Å². The normalized spacial score (nSPS) is 29.9. The van der Waals surface area contributed by atoms with Crippen LogP contribution in [0.3, 0.4) is 0 Å². The number of ether oxygens (including phenoxy) is 1. The van der Waals surface area contributed by atoms with Crippen molar-refractivity contribution in [2.45, 2.75) is 39.3 Å². The Morgan fingerprint density at radius 2 is 2.11 bits per heavy atom. The van der Waals surface area contributed by atoms with E-state index in [1.165, 1.54) is 7.11 Å². The van der Waals surface area contributed by atoms with Gasteiger partial charge < -0.3 is 15.2 Å². The summed E-state index contributed by atoms with van der Waals surface area (Å²) in [5.74, 6) is 0.695. The van der Waals surface area contributed by atoms with Crippen LogP contribution in [-0.4, -0.2) is 37.4 Å². The lowest BCUT2D eigenvalue weighted by atomic mass is 9.73. The maximum absolute atomic E-state index is 11.6. The molecule has 4 heteroatoms. The summed E-state index contributed by atoms with van der Waals surface area (Å²) in [6.07, 6.45) is 1.80. The maximum atomic E-state index is 11.6. The first-order valence-corrected chi connectivity index (χ1v) is 6.56. The molecule has 18 heavy (non-hydrogen) atoms. The minimum Gasteiger partial charge on any atom is -0.466 e. The van der Waals surface area contributed by atoms with E-state index >= 15 is 0 Å². The molecule has 0 fully saturated rings. The van der Waals surface area contributed by atoms with E-state index in [-0.39, 0.29) is 17.9 Å². The monoisotopic (exact) mass is 255 g/mol. The summed E-state index contributed by atoms with van der Waals surface area (Å²) in [4.78, 5) is 11.6. The minimum atomic E-state index is -0.541. The first-order chi connectivity index (χ1) is 8.42. The number of aliphatic hydroxyl groups excluding tert-OH is 1. The number of carbonyl (C=O) groups is 1. The Kier molecular flexibility index (Phi) is 5.35. The Bertz CT molecular complexity index is 325. The molecule has 0 radical (unpaired) electrons. The number of rotatable bonds is 4. The Morgan fingerprint density at radius 3 is 2.56 bits per heavy atom. The topological polar surface area (TPSA) is 58.6 Å². The second kappa shape index (κ2) is 6.34. The third-order valence-corrected chi connectivity index (χ3v) is 4.09. The third kappa shape index (κ3) is 3.12. The SMILES string of the molecule is CNC1C(O)CC(C(=O)OC)=CC1C(C)C(C)C. The average Bonchev–Trinajstić information content (AvgIpc) is 2.35. The van der Waals surface area contributed by atoms with Gasteiger partial charge in [0.2, 0.25) is 0 Å². The second-order valence-electron chi connectivity index (χ2n) is 5.45. The molecule has 0 aliphatic heterocycles. The smallest absolute Gasteiger partial charge is 0.333 e. The number of carbonyl (C=O) groups excluding carboxylic acids is 1. The lowest BCUT2D eigenvalue weighted by Gasteiger charge is -2.38. The largest absolute Gasteiger partial charge is 0.466 e. The third-order valence-electron chi connectivity index (χ3n) is 4.09. The molecular formula is C14H25NO3. The van der Waals surface area contributed by atoms with Gasteiger partial charge in [-0.1, -0.05) is 26.8 Å². The molecule has 0 aromatic carbocycles. The van der Waals surface area contributed by atoms with Gasteiger partial charge in [0.05, 0.1) is 13.2 Å². The van der Waals surface area contributed by atoms with Crippen molar-refractivity contribution in [1.82, 2.24) is 5.32 Å². The first kappa shape index (κ1) is 15.2. The van der Waals surface area contributed by atoms with Crippen LogP contribution in [0, 0.1) is 17.8 Å². The molecule has 4 nitrogen and oxygen atoms in total. The highest BCUT2D eigenvalue weighted by Crippen LogP contribution is 2.33. The summed E-state index contributed by atoms with van der Waals surface area (Å²) in [6, 6.07) is -0.00388. The molecule has 0 saturated carbocycles. The number of hydrogen-bond donors (Lipinski definition) is 2. The van der Waals surface area contributed by atoms with Crippen LogP contribution in [0.5, 0.6) is 0 Å². The van der Waals surface area contributed by atoms with Gasteiger partial charge in [0.25, 0.3) is 0 Å². The van der Waals surface area contributed by atoms with Crippen LogP contribution in [0.1, 0.15) is 27.2 Å². The van der Waals surface area contributed by atoms with Crippen LogP contribution >= 0.6 is 0 Å². The molecule has 0 aromatic rings. The molecule has 0 amide bonds. The summed E-state index contributed by atoms with van der Waals surface area (Å²) in [5.41, 5.74) is 0.592. The maximum Gasteiger partial charge on any atom is 0.333 e. The van der Waals surface area contributed by atoms with Crippen molar-refractivity contribution in [1.29, 1.82) is 0 Å². The number of aliphatic hydroxyl groups is 1. The fourth-order valence-electron chi connectivity index (χ4n) is 2.60. The highest BCUT2D eigenvalue weighted by atomic mass is 16.5. The van der Waals surface area contributed by atoms with Gasteiger partial charge >= 0.3 is 5.97 Å². The van der Waals surface area contributed by atoms with Gasteiger partial charge in [0, 0.05) is 18.0 Å². The predicted octanol–water partition coefficient (Wildman–Crippen LogP) is 1.35. The minimum absolute atomic E-state index is 0.00388. The molecule has 2 N–H and O–H groups in total. The summed E-state index contributed by atoms with van der Waals surface area (Å²) in [5, 5.41) is 13.3. The van der Waals surface area contributed by atoms with Gasteiger partial charge in [-0.2, -0.15) is 0 Å². The van der Waals surface area contributed by atoms with Gasteiger partial charge in [-0.25, -0.2) is 4.79 Å². The van der Waals surface area contributed by atoms with Crippen molar-refractivity contribution in [3.8, 4) is 0 Å². The van der Waals surface area contributed by atoms with E-state index < -0.39 is 6.10 Å². The van der Waals surface area contributed by atoms with Crippen molar-refractivity contribution in [2.75, 3.05) is 14.2 Å². The number of nitrogens with one attached hydrogen (secondary N) is 1. The Morgan fingerprint density at radius 1 is 1.50 bits per heavy atom. The lowest BCUT2D eigenvalue weighted by Crippen LogP contribution is -2.49. The van der Waals surface area contributed by atoms with E-state index in [4.69, 9.17) is 4.74 Å². The average molecular weight is 255 g/mol. The highest BCUT2D eigenvalue weighted by molar-refractivity contribution is 5.88. The molecule has 0 spiro atoms. The lowest BCUT2D eigenvalue weighted by molar-refractivity contribution is -0.136. The van der Waals surface area contributed by atoms with Crippen LogP contribution in [-0.2, 0) is 9.53 Å². The Labute approximate surface area is 109 Å². The van der Waals surface area contributed by atoms with Crippen LogP contribution in [0.25, 0.3) is 0 Å². The van der Waals surface area contributed by atoms with Gasteiger partial charge in [-0.3, -0.25) is 0 Å². The summed E-state index contributed by atoms with van der Waals surface area (Å²) >= 11 is 0. The fourth-order valence-corrected chi connectivity index (χ4v) is 2.60. The van der Waals surface area contributed by atoms with Gasteiger partial charge in [0.1, 0.15) is 0 Å². The summed E-state index contributed by atoms with van der Waals surface area (Å²) in [6.45, 7) is 6.47. The van der Waals surface area contributed by atoms with E-state index in [0.717, 1.165) is 0 Å². The van der Waals surface area contributed by atoms with E-state index in [0.29, 0.717) is 23.8 Å². The number of likely N-dealkylation sites (N-methyl/N-ethyl adjacent to an activating group) is 1. The van der Waals surface area contributed by atoms with E-state index in [1.54, 1.807) is 0 Å². The van der Waals surface area contributed by atoms with Crippen LogP contribution < -0.4 is 5.32 Å². The molecule has 1 rings (SSSR count). The molecule has 0 heterocycles. The zero-order chi connectivity index (χ0) is 13.9. The number of methoxy groups -OCH3 is 1. The van der Waals surface area contributed by atoms with Gasteiger partial charge in [-0.15, -0.1) is 0 Å².